The van der Waals surface area contributed by atoms with Crippen molar-refractivity contribution in [2.45, 2.75) is 13.8 Å². The number of nitrogens with zero attached hydrogens (tertiary/aromatic N) is 6. The number of hydrogen-bond donors (Lipinski definition) is 0. The number of carbonyl (C=O) groups is 2. The van der Waals surface area contributed by atoms with Crippen molar-refractivity contribution in [2.75, 3.05) is 6.54 Å². The Bertz CT molecular complexity index is 1680. The Hall–Kier alpha value is -4.86. The number of carbonyl (C=O) groups excluding carboxylic acids is 2. The lowest BCUT2D eigenvalue weighted by molar-refractivity contribution is -0.140. The molecular formula is C27H18N6O2S. The van der Waals surface area contributed by atoms with E-state index in [1.807, 2.05) is 53.1 Å². The smallest absolute Gasteiger partial charge is 0.271 e. The van der Waals surface area contributed by atoms with E-state index in [9.17, 15) is 14.9 Å². The van der Waals surface area contributed by atoms with E-state index in [2.05, 4.69) is 4.85 Å². The Morgan fingerprint density at radius 2 is 1.81 bits per heavy atom. The molecular weight excluding hydrogens is 472 g/mol. The van der Waals surface area contributed by atoms with Gasteiger partial charge in [0, 0.05) is 23.4 Å². The molecule has 3 heterocycles. The molecule has 0 saturated carbocycles. The Labute approximate surface area is 210 Å². The number of benzene rings is 2. The summed E-state index contributed by atoms with van der Waals surface area (Å²) < 4.78 is 1.86. The molecule has 2 aromatic heterocycles. The Balaban J connectivity index is 1.71. The topological polar surface area (TPSA) is 96.2 Å². The minimum Gasteiger partial charge on any atom is -0.276 e. The van der Waals surface area contributed by atoms with Crippen molar-refractivity contribution >= 4 is 45.4 Å². The van der Waals surface area contributed by atoms with Gasteiger partial charge in [0.15, 0.2) is 16.2 Å². The summed E-state index contributed by atoms with van der Waals surface area (Å²) in [4.78, 5) is 40.5. The molecule has 0 bridgehead atoms. The molecule has 0 unspecified atom stereocenters. The van der Waals surface area contributed by atoms with Gasteiger partial charge in [-0.3, -0.25) is 19.1 Å². The van der Waals surface area contributed by atoms with Gasteiger partial charge in [-0.1, -0.05) is 53.8 Å². The Kier molecular flexibility index (Phi) is 5.77. The molecule has 0 spiro atoms. The standard InChI is InChI=1S/C27H18N6O2S/c1-4-32-26(34)20(16(2)21(15-28)27(32)35)14-22-30-25-23(33(22)19-8-6-5-7-9-19)31-24(36-25)17-10-12-18(29-3)13-11-17/h5-14H,4H2,1-2H3/b20-14-. The number of hydrogen-bond acceptors (Lipinski definition) is 6. The summed E-state index contributed by atoms with van der Waals surface area (Å²) in [6.07, 6.45) is 1.62. The number of fused-ring (bicyclic) bond motifs is 1. The predicted octanol–water partition coefficient (Wildman–Crippen LogP) is 5.31. The first-order valence-electron chi connectivity index (χ1n) is 11.1. The minimum atomic E-state index is -0.581. The van der Waals surface area contributed by atoms with Crippen LogP contribution in [0.2, 0.25) is 0 Å². The normalized spacial score (nSPS) is 15.0. The molecule has 9 heteroatoms. The second kappa shape index (κ2) is 9.06. The molecule has 1 aliphatic rings. The highest BCUT2D eigenvalue weighted by Crippen LogP contribution is 2.34. The van der Waals surface area contributed by atoms with Gasteiger partial charge in [-0.2, -0.15) is 5.26 Å². The van der Waals surface area contributed by atoms with Crippen LogP contribution < -0.4 is 0 Å². The van der Waals surface area contributed by atoms with Crippen molar-refractivity contribution in [3.05, 3.63) is 88.6 Å². The molecule has 5 rings (SSSR count). The molecule has 0 N–H and O–H groups in total. The molecule has 8 nitrogen and oxygen atoms in total. The summed E-state index contributed by atoms with van der Waals surface area (Å²) in [5, 5.41) is 10.3. The lowest BCUT2D eigenvalue weighted by Gasteiger charge is -2.26. The van der Waals surface area contributed by atoms with Crippen molar-refractivity contribution in [1.29, 1.82) is 5.26 Å². The molecule has 4 aromatic rings. The van der Waals surface area contributed by atoms with E-state index in [-0.39, 0.29) is 17.7 Å². The molecule has 1 aliphatic heterocycles. The van der Waals surface area contributed by atoms with Crippen LogP contribution in [0, 0.1) is 17.9 Å². The van der Waals surface area contributed by atoms with Crippen LogP contribution in [0.4, 0.5) is 5.69 Å². The molecule has 0 fully saturated rings. The van der Waals surface area contributed by atoms with Crippen molar-refractivity contribution in [3.63, 3.8) is 0 Å². The third-order valence-corrected chi connectivity index (χ3v) is 6.91. The van der Waals surface area contributed by atoms with Crippen LogP contribution in [-0.2, 0) is 9.59 Å². The van der Waals surface area contributed by atoms with Crippen LogP contribution in [0.5, 0.6) is 0 Å². The Morgan fingerprint density at radius 1 is 1.08 bits per heavy atom. The third-order valence-electron chi connectivity index (χ3n) is 5.92. The van der Waals surface area contributed by atoms with E-state index in [1.165, 1.54) is 11.3 Å². The lowest BCUT2D eigenvalue weighted by Crippen LogP contribution is -2.42. The van der Waals surface area contributed by atoms with Gasteiger partial charge < -0.3 is 0 Å². The van der Waals surface area contributed by atoms with Gasteiger partial charge in [0.2, 0.25) is 0 Å². The van der Waals surface area contributed by atoms with E-state index >= 15 is 0 Å². The number of thiazole rings is 1. The zero-order chi connectivity index (χ0) is 25.4. The fourth-order valence-corrected chi connectivity index (χ4v) is 5.00. The molecule has 36 heavy (non-hydrogen) atoms. The van der Waals surface area contributed by atoms with Gasteiger partial charge >= 0.3 is 0 Å². The number of rotatable bonds is 4. The van der Waals surface area contributed by atoms with Crippen LogP contribution in [0.3, 0.4) is 0 Å². The fourth-order valence-electron chi connectivity index (χ4n) is 4.06. The van der Waals surface area contributed by atoms with Crippen LogP contribution in [0.25, 0.3) is 37.7 Å². The monoisotopic (exact) mass is 490 g/mol. The number of para-hydroxylation sites is 1. The van der Waals surface area contributed by atoms with Crippen molar-refractivity contribution in [3.8, 4) is 22.3 Å². The maximum Gasteiger partial charge on any atom is 0.271 e. The van der Waals surface area contributed by atoms with Crippen molar-refractivity contribution in [2.24, 2.45) is 0 Å². The average Bonchev–Trinajstić information content (AvgIpc) is 3.45. The van der Waals surface area contributed by atoms with Crippen molar-refractivity contribution < 1.29 is 9.59 Å². The van der Waals surface area contributed by atoms with Crippen LogP contribution in [0.1, 0.15) is 19.7 Å². The molecule has 2 amide bonds. The van der Waals surface area contributed by atoms with Crippen LogP contribution in [-0.4, -0.2) is 37.8 Å². The van der Waals surface area contributed by atoms with Gasteiger partial charge in [-0.15, -0.1) is 0 Å². The van der Waals surface area contributed by atoms with E-state index in [0.29, 0.717) is 27.6 Å². The molecule has 0 aliphatic carbocycles. The average molecular weight is 491 g/mol. The summed E-state index contributed by atoms with van der Waals surface area (Å²) in [6, 6.07) is 18.7. The first-order chi connectivity index (χ1) is 17.5. The SMILES string of the molecule is [C-]#[N+]c1ccc(-c2nc3c(nc(/C=C4\C(=O)N(CC)C(=O)C(C#N)=C4C)n3-c3ccccc3)s2)cc1. The van der Waals surface area contributed by atoms with Gasteiger partial charge in [0.25, 0.3) is 11.8 Å². The molecule has 0 radical (unpaired) electrons. The highest BCUT2D eigenvalue weighted by Gasteiger charge is 2.35. The third kappa shape index (κ3) is 3.68. The van der Waals surface area contributed by atoms with Crippen LogP contribution in [0.15, 0.2) is 71.3 Å². The van der Waals surface area contributed by atoms with Gasteiger partial charge in [0.1, 0.15) is 22.5 Å². The van der Waals surface area contributed by atoms with Gasteiger partial charge in [-0.25, -0.2) is 14.8 Å². The lowest BCUT2D eigenvalue weighted by atomic mass is 9.95. The number of imidazole rings is 1. The quantitative estimate of drug-likeness (QED) is 0.219. The zero-order valence-electron chi connectivity index (χ0n) is 19.4. The van der Waals surface area contributed by atoms with Crippen molar-refractivity contribution in [1.82, 2.24) is 19.4 Å². The first-order valence-corrected chi connectivity index (χ1v) is 11.9. The highest BCUT2D eigenvalue weighted by atomic mass is 32.1. The second-order valence-corrected chi connectivity index (χ2v) is 8.95. The summed E-state index contributed by atoms with van der Waals surface area (Å²) in [5.41, 5.74) is 3.39. The summed E-state index contributed by atoms with van der Waals surface area (Å²) >= 11 is 1.40. The largest absolute Gasteiger partial charge is 0.276 e. The summed E-state index contributed by atoms with van der Waals surface area (Å²) in [5.74, 6) is -0.573. The molecule has 174 valence electrons. The maximum atomic E-state index is 13.2. The van der Waals surface area contributed by atoms with E-state index in [1.54, 1.807) is 32.1 Å². The number of nitriles is 1. The molecule has 2 aromatic carbocycles. The predicted molar refractivity (Wildman–Crippen MR) is 137 cm³/mol. The first kappa shape index (κ1) is 22.9. The zero-order valence-corrected chi connectivity index (χ0v) is 20.2. The summed E-state index contributed by atoms with van der Waals surface area (Å²) in [6.45, 7) is 10.6. The summed E-state index contributed by atoms with van der Waals surface area (Å²) in [7, 11) is 0. The number of amides is 2. The number of aromatic nitrogens is 3. The molecule has 0 atom stereocenters. The van der Waals surface area contributed by atoms with Gasteiger partial charge in [-0.05, 0) is 37.6 Å². The van der Waals surface area contributed by atoms with Gasteiger partial charge in [0.05, 0.1) is 6.57 Å². The minimum absolute atomic E-state index is 0.0504. The highest BCUT2D eigenvalue weighted by molar-refractivity contribution is 7.21. The van der Waals surface area contributed by atoms with E-state index in [0.717, 1.165) is 21.2 Å². The van der Waals surface area contributed by atoms with E-state index in [4.69, 9.17) is 16.5 Å². The fraction of sp³-hybridized carbons (Fsp3) is 0.111. The Morgan fingerprint density at radius 3 is 2.44 bits per heavy atom. The maximum absolute atomic E-state index is 13.2. The second-order valence-electron chi connectivity index (χ2n) is 7.97. The van der Waals surface area contributed by atoms with E-state index < -0.39 is 11.8 Å². The van der Waals surface area contributed by atoms with Crippen LogP contribution >= 0.6 is 11.3 Å². The number of likely N-dealkylation sites (N-methyl/N-ethyl adjacent to an activating group) is 1. The number of imide groups is 1. The molecule has 0 saturated heterocycles.